The number of carbonyl (C=O) groups excluding carboxylic acids is 1. The second-order valence-electron chi connectivity index (χ2n) is 4.65. The molecule has 1 atom stereocenters. The molecule has 0 spiro atoms. The first-order valence-corrected chi connectivity index (χ1v) is 7.02. The van der Waals surface area contributed by atoms with E-state index in [1.54, 1.807) is 4.68 Å². The van der Waals surface area contributed by atoms with Gasteiger partial charge in [0.15, 0.2) is 0 Å². The Labute approximate surface area is 124 Å². The van der Waals surface area contributed by atoms with Gasteiger partial charge >= 0.3 is 0 Å². The van der Waals surface area contributed by atoms with Gasteiger partial charge in [-0.25, -0.2) is 0 Å². The lowest BCUT2D eigenvalue weighted by Gasteiger charge is -2.13. The Morgan fingerprint density at radius 2 is 2.10 bits per heavy atom. The van der Waals surface area contributed by atoms with Crippen molar-refractivity contribution in [1.29, 1.82) is 0 Å². The molecule has 5 nitrogen and oxygen atoms in total. The second-order valence-corrected chi connectivity index (χ2v) is 4.65. The molecule has 0 bridgehead atoms. The molecule has 1 unspecified atom stereocenters. The molecule has 1 aromatic heterocycles. The number of ether oxygens (including phenoxy) is 2. The van der Waals surface area contributed by atoms with Gasteiger partial charge in [0.2, 0.25) is 5.88 Å². The fraction of sp³-hybridized carbons (Fsp3) is 0.375. The van der Waals surface area contributed by atoms with Gasteiger partial charge < -0.3 is 14.3 Å². The summed E-state index contributed by atoms with van der Waals surface area (Å²) in [4.78, 5) is 10.6. The zero-order chi connectivity index (χ0) is 15.1. The Balaban J connectivity index is 2.03. The Kier molecular flexibility index (Phi) is 5.51. The molecule has 2 aromatic rings. The normalized spacial score (nSPS) is 12.1. The van der Waals surface area contributed by atoms with Gasteiger partial charge in [-0.3, -0.25) is 4.68 Å². The van der Waals surface area contributed by atoms with E-state index in [1.165, 1.54) is 0 Å². The summed E-state index contributed by atoms with van der Waals surface area (Å²) in [7, 11) is 1.88. The molecule has 0 amide bonds. The highest BCUT2D eigenvalue weighted by atomic mass is 16.5. The van der Waals surface area contributed by atoms with Crippen LogP contribution in [0.4, 0.5) is 0 Å². The highest BCUT2D eigenvalue weighted by molar-refractivity contribution is 5.60. The Hall–Kier alpha value is -2.14. The van der Waals surface area contributed by atoms with Crippen molar-refractivity contribution in [3.63, 3.8) is 0 Å². The zero-order valence-electron chi connectivity index (χ0n) is 12.4. The van der Waals surface area contributed by atoms with Crippen molar-refractivity contribution in [3.05, 3.63) is 36.4 Å². The highest BCUT2D eigenvalue weighted by Gasteiger charge is 2.12. The van der Waals surface area contributed by atoms with Gasteiger partial charge in [-0.15, -0.1) is 5.10 Å². The van der Waals surface area contributed by atoms with Crippen molar-refractivity contribution >= 4 is 6.29 Å². The molecule has 0 aliphatic rings. The number of aromatic nitrogens is 2. The monoisotopic (exact) mass is 288 g/mol. The molecule has 112 valence electrons. The quantitative estimate of drug-likeness (QED) is 0.700. The Morgan fingerprint density at radius 1 is 1.33 bits per heavy atom. The first kappa shape index (κ1) is 15.3. The van der Waals surface area contributed by atoms with Crippen LogP contribution in [0.15, 0.2) is 36.4 Å². The van der Waals surface area contributed by atoms with Crippen LogP contribution in [0.1, 0.15) is 13.3 Å². The van der Waals surface area contributed by atoms with Crippen LogP contribution in [0.5, 0.6) is 5.88 Å². The molecule has 2 rings (SSSR count). The standard InChI is InChI=1S/C16H20N2O3/c1-3-20-14(9-10-19)12-21-16-11-15(18(2)17-16)13-7-5-4-6-8-13/h4-8,10-11,14H,3,9,12H2,1-2H3. The number of hydrogen-bond acceptors (Lipinski definition) is 4. The van der Waals surface area contributed by atoms with Gasteiger partial charge in [0.25, 0.3) is 0 Å². The molecule has 5 heteroatoms. The lowest BCUT2D eigenvalue weighted by molar-refractivity contribution is -0.111. The minimum atomic E-state index is -0.227. The van der Waals surface area contributed by atoms with E-state index in [4.69, 9.17) is 9.47 Å². The van der Waals surface area contributed by atoms with Crippen molar-refractivity contribution in [2.75, 3.05) is 13.2 Å². The highest BCUT2D eigenvalue weighted by Crippen LogP contribution is 2.22. The van der Waals surface area contributed by atoms with E-state index in [0.717, 1.165) is 17.5 Å². The van der Waals surface area contributed by atoms with E-state index < -0.39 is 0 Å². The van der Waals surface area contributed by atoms with Crippen LogP contribution in [0, 0.1) is 0 Å². The van der Waals surface area contributed by atoms with Crippen molar-refractivity contribution in [1.82, 2.24) is 9.78 Å². The smallest absolute Gasteiger partial charge is 0.233 e. The van der Waals surface area contributed by atoms with E-state index in [2.05, 4.69) is 5.10 Å². The number of rotatable bonds is 8. The van der Waals surface area contributed by atoms with E-state index in [-0.39, 0.29) is 6.10 Å². The number of carbonyl (C=O) groups is 1. The molecule has 0 fully saturated rings. The molecule has 0 aliphatic carbocycles. The molecule has 21 heavy (non-hydrogen) atoms. The van der Waals surface area contributed by atoms with Crippen molar-refractivity contribution < 1.29 is 14.3 Å². The maximum atomic E-state index is 10.6. The van der Waals surface area contributed by atoms with E-state index in [0.29, 0.717) is 25.5 Å². The average molecular weight is 288 g/mol. The predicted molar refractivity (Wildman–Crippen MR) is 80.2 cm³/mol. The number of nitrogens with zero attached hydrogens (tertiary/aromatic N) is 2. The Bertz CT molecular complexity index is 566. The number of benzene rings is 1. The number of aldehydes is 1. The van der Waals surface area contributed by atoms with E-state index in [1.807, 2.05) is 50.4 Å². The SMILES string of the molecule is CCOC(CC=O)COc1cc(-c2ccccc2)n(C)n1. The molecule has 0 radical (unpaired) electrons. The van der Waals surface area contributed by atoms with Crippen LogP contribution < -0.4 is 4.74 Å². The van der Waals surface area contributed by atoms with Gasteiger partial charge in [0.1, 0.15) is 12.9 Å². The molecular weight excluding hydrogens is 268 g/mol. The molecule has 0 N–H and O–H groups in total. The number of hydrogen-bond donors (Lipinski definition) is 0. The zero-order valence-corrected chi connectivity index (χ0v) is 12.4. The lowest BCUT2D eigenvalue weighted by Crippen LogP contribution is -2.22. The molecule has 0 saturated heterocycles. The summed E-state index contributed by atoms with van der Waals surface area (Å²) in [5, 5.41) is 4.33. The van der Waals surface area contributed by atoms with Crippen molar-refractivity contribution in [2.45, 2.75) is 19.4 Å². The first-order valence-electron chi connectivity index (χ1n) is 7.02. The maximum Gasteiger partial charge on any atom is 0.233 e. The fourth-order valence-electron chi connectivity index (χ4n) is 2.10. The van der Waals surface area contributed by atoms with Crippen molar-refractivity contribution in [3.8, 4) is 17.1 Å². The summed E-state index contributed by atoms with van der Waals surface area (Å²) < 4.78 is 12.9. The van der Waals surface area contributed by atoms with Crippen molar-refractivity contribution in [2.24, 2.45) is 7.05 Å². The summed E-state index contributed by atoms with van der Waals surface area (Å²) in [5.74, 6) is 0.534. The average Bonchev–Trinajstić information content (AvgIpc) is 2.87. The summed E-state index contributed by atoms with van der Waals surface area (Å²) in [6, 6.07) is 11.9. The minimum absolute atomic E-state index is 0.227. The molecular formula is C16H20N2O3. The molecule has 0 aliphatic heterocycles. The van der Waals surface area contributed by atoms with Crippen LogP contribution in [0.3, 0.4) is 0 Å². The van der Waals surface area contributed by atoms with Gasteiger partial charge in [-0.2, -0.15) is 0 Å². The summed E-state index contributed by atoms with van der Waals surface area (Å²) in [6.07, 6.45) is 0.943. The summed E-state index contributed by atoms with van der Waals surface area (Å²) in [6.45, 7) is 2.77. The fourth-order valence-corrected chi connectivity index (χ4v) is 2.10. The van der Waals surface area contributed by atoms with Gasteiger partial charge in [0.05, 0.1) is 11.8 Å². The largest absolute Gasteiger partial charge is 0.474 e. The maximum absolute atomic E-state index is 10.6. The minimum Gasteiger partial charge on any atom is -0.474 e. The van der Waals surface area contributed by atoms with Crippen LogP contribution in [-0.2, 0) is 16.6 Å². The second kappa shape index (κ2) is 7.59. The van der Waals surface area contributed by atoms with Crippen LogP contribution in [0.25, 0.3) is 11.3 Å². The van der Waals surface area contributed by atoms with E-state index in [9.17, 15) is 4.79 Å². The Morgan fingerprint density at radius 3 is 2.76 bits per heavy atom. The molecule has 1 heterocycles. The third kappa shape index (κ3) is 4.16. The van der Waals surface area contributed by atoms with Crippen LogP contribution >= 0.6 is 0 Å². The molecule has 1 aromatic carbocycles. The van der Waals surface area contributed by atoms with Gasteiger partial charge in [-0.1, -0.05) is 30.3 Å². The van der Waals surface area contributed by atoms with Gasteiger partial charge in [-0.05, 0) is 12.5 Å². The van der Waals surface area contributed by atoms with Crippen LogP contribution in [0.2, 0.25) is 0 Å². The first-order chi connectivity index (χ1) is 10.2. The van der Waals surface area contributed by atoms with E-state index >= 15 is 0 Å². The number of aryl methyl sites for hydroxylation is 1. The topological polar surface area (TPSA) is 53.4 Å². The third-order valence-corrected chi connectivity index (χ3v) is 3.11. The van der Waals surface area contributed by atoms with Gasteiger partial charge in [0, 0.05) is 26.1 Å². The van der Waals surface area contributed by atoms with Crippen LogP contribution in [-0.4, -0.2) is 35.4 Å². The molecule has 0 saturated carbocycles. The third-order valence-electron chi connectivity index (χ3n) is 3.11. The summed E-state index contributed by atoms with van der Waals surface area (Å²) >= 11 is 0. The predicted octanol–water partition coefficient (Wildman–Crippen LogP) is 2.46. The summed E-state index contributed by atoms with van der Waals surface area (Å²) in [5.41, 5.74) is 2.06. The lowest BCUT2D eigenvalue weighted by atomic mass is 10.1.